The summed E-state index contributed by atoms with van der Waals surface area (Å²) in [7, 11) is 8.49. The largest absolute Gasteiger partial charge is 0.346 e. The monoisotopic (exact) mass is 404 g/mol. The highest BCUT2D eigenvalue weighted by Gasteiger charge is 2.08. The van der Waals surface area contributed by atoms with Crippen LogP contribution < -0.4 is 0 Å². The maximum absolute atomic E-state index is 2.32. The van der Waals surface area contributed by atoms with Crippen molar-refractivity contribution in [3.8, 4) is 0 Å². The summed E-state index contributed by atoms with van der Waals surface area (Å²) in [5.74, 6) is 0. The molecule has 4 aromatic rings. The van der Waals surface area contributed by atoms with E-state index in [0.29, 0.717) is 12.1 Å². The smallest absolute Gasteiger partial charge is 0.0480 e. The van der Waals surface area contributed by atoms with Crippen molar-refractivity contribution in [2.24, 2.45) is 0 Å². The topological polar surface area (TPSA) is 16.3 Å². The van der Waals surface area contributed by atoms with Crippen LogP contribution in [0.3, 0.4) is 0 Å². The van der Waals surface area contributed by atoms with Gasteiger partial charge in [-0.2, -0.15) is 0 Å². The molecule has 4 nitrogen and oxygen atoms in total. The van der Waals surface area contributed by atoms with Crippen LogP contribution in [0.2, 0.25) is 0 Å². The molecule has 0 amide bonds. The van der Waals surface area contributed by atoms with Gasteiger partial charge in [-0.1, -0.05) is 36.4 Å². The maximum Gasteiger partial charge on any atom is 0.0480 e. The highest BCUT2D eigenvalue weighted by molar-refractivity contribution is 5.80. The summed E-state index contributed by atoms with van der Waals surface area (Å²) in [4.78, 5) is 4.49. The number of para-hydroxylation sites is 2. The Kier molecular flexibility index (Phi) is 7.35. The first kappa shape index (κ1) is 22.1. The zero-order chi connectivity index (χ0) is 21.7. The summed E-state index contributed by atoms with van der Waals surface area (Å²) in [6.45, 7) is 6.57. The third kappa shape index (κ3) is 5.32. The first-order valence-electron chi connectivity index (χ1n) is 10.8. The van der Waals surface area contributed by atoms with Crippen molar-refractivity contribution in [3.05, 3.63) is 73.1 Å². The van der Waals surface area contributed by atoms with Gasteiger partial charge in [0, 0.05) is 48.6 Å². The second kappa shape index (κ2) is 9.96. The normalized spacial score (nSPS) is 13.6. The third-order valence-corrected chi connectivity index (χ3v) is 6.05. The third-order valence-electron chi connectivity index (χ3n) is 6.05. The molecule has 2 aromatic heterocycles. The van der Waals surface area contributed by atoms with Gasteiger partial charge in [0.05, 0.1) is 0 Å². The Labute approximate surface area is 181 Å². The Balaban J connectivity index is 0.000000171. The van der Waals surface area contributed by atoms with E-state index in [0.717, 1.165) is 13.1 Å². The number of rotatable bonds is 6. The van der Waals surface area contributed by atoms with Crippen LogP contribution in [0.4, 0.5) is 0 Å². The lowest BCUT2D eigenvalue weighted by atomic mass is 10.2. The summed E-state index contributed by atoms with van der Waals surface area (Å²) in [6.07, 6.45) is 4.34. The highest BCUT2D eigenvalue weighted by atomic mass is 15.1. The molecular formula is C26H36N4. The van der Waals surface area contributed by atoms with Crippen molar-refractivity contribution in [1.82, 2.24) is 18.9 Å². The van der Waals surface area contributed by atoms with Gasteiger partial charge in [0.15, 0.2) is 0 Å². The first-order chi connectivity index (χ1) is 14.4. The number of aromatic nitrogens is 2. The zero-order valence-electron chi connectivity index (χ0n) is 19.3. The molecule has 0 radical (unpaired) electrons. The van der Waals surface area contributed by atoms with Crippen LogP contribution in [0.1, 0.15) is 13.8 Å². The van der Waals surface area contributed by atoms with E-state index >= 15 is 0 Å². The fourth-order valence-electron chi connectivity index (χ4n) is 3.50. The fourth-order valence-corrected chi connectivity index (χ4v) is 3.50. The first-order valence-corrected chi connectivity index (χ1v) is 10.8. The predicted octanol–water partition coefficient (Wildman–Crippen LogP) is 5.18. The molecule has 0 saturated heterocycles. The van der Waals surface area contributed by atoms with Gasteiger partial charge < -0.3 is 18.9 Å². The summed E-state index contributed by atoms with van der Waals surface area (Å²) >= 11 is 0. The van der Waals surface area contributed by atoms with Crippen LogP contribution in [0.25, 0.3) is 21.8 Å². The molecule has 0 N–H and O–H groups in total. The van der Waals surface area contributed by atoms with Crippen molar-refractivity contribution in [2.75, 3.05) is 28.2 Å². The van der Waals surface area contributed by atoms with E-state index in [4.69, 9.17) is 0 Å². The molecule has 0 bridgehead atoms. The van der Waals surface area contributed by atoms with Gasteiger partial charge in [-0.05, 0) is 77.1 Å². The molecule has 0 spiro atoms. The molecule has 2 heterocycles. The van der Waals surface area contributed by atoms with Crippen molar-refractivity contribution < 1.29 is 0 Å². The fraction of sp³-hybridized carbons (Fsp3) is 0.385. The average molecular weight is 405 g/mol. The van der Waals surface area contributed by atoms with E-state index in [9.17, 15) is 0 Å². The Hall–Kier alpha value is -2.56. The van der Waals surface area contributed by atoms with Gasteiger partial charge in [0.2, 0.25) is 0 Å². The second-order valence-electron chi connectivity index (χ2n) is 8.68. The molecular weight excluding hydrogens is 368 g/mol. The molecule has 2 atom stereocenters. The van der Waals surface area contributed by atoms with Crippen molar-refractivity contribution >= 4 is 21.8 Å². The summed E-state index contributed by atoms with van der Waals surface area (Å²) in [5, 5.41) is 2.65. The van der Waals surface area contributed by atoms with Crippen LogP contribution >= 0.6 is 0 Å². The van der Waals surface area contributed by atoms with Crippen LogP contribution in [0, 0.1) is 0 Å². The molecule has 0 fully saturated rings. The molecule has 0 aliphatic heterocycles. The molecule has 160 valence electrons. The van der Waals surface area contributed by atoms with Gasteiger partial charge in [-0.15, -0.1) is 0 Å². The molecule has 2 aromatic carbocycles. The van der Waals surface area contributed by atoms with Crippen molar-refractivity contribution in [3.63, 3.8) is 0 Å². The second-order valence-corrected chi connectivity index (χ2v) is 8.68. The molecule has 0 aliphatic rings. The number of hydrogen-bond acceptors (Lipinski definition) is 2. The lowest BCUT2D eigenvalue weighted by molar-refractivity contribution is 0.286. The zero-order valence-corrected chi connectivity index (χ0v) is 19.3. The predicted molar refractivity (Wildman–Crippen MR) is 130 cm³/mol. The van der Waals surface area contributed by atoms with Crippen LogP contribution in [0.5, 0.6) is 0 Å². The minimum absolute atomic E-state index is 0.556. The Bertz CT molecular complexity index is 971. The molecule has 4 heteroatoms. The van der Waals surface area contributed by atoms with E-state index in [-0.39, 0.29) is 0 Å². The maximum atomic E-state index is 2.32. The van der Waals surface area contributed by atoms with Gasteiger partial charge in [-0.3, -0.25) is 0 Å². The van der Waals surface area contributed by atoms with Gasteiger partial charge in [0.25, 0.3) is 0 Å². The van der Waals surface area contributed by atoms with Crippen molar-refractivity contribution in [1.29, 1.82) is 0 Å². The summed E-state index contributed by atoms with van der Waals surface area (Å²) in [5.41, 5.74) is 2.65. The lowest BCUT2D eigenvalue weighted by Gasteiger charge is -2.20. The Morgan fingerprint density at radius 3 is 1.33 bits per heavy atom. The lowest BCUT2D eigenvalue weighted by Crippen LogP contribution is -2.28. The van der Waals surface area contributed by atoms with E-state index < -0.39 is 0 Å². The van der Waals surface area contributed by atoms with Gasteiger partial charge in [0.1, 0.15) is 0 Å². The number of nitrogens with zero attached hydrogens (tertiary/aromatic N) is 4. The summed E-state index contributed by atoms with van der Waals surface area (Å²) < 4.78 is 4.64. The minimum atomic E-state index is 0.556. The SMILES string of the molecule is C[C@@H](Cn1ccc2ccccc21)N(C)C.C[C@H](Cn1ccc2ccccc21)N(C)C. The highest BCUT2D eigenvalue weighted by Crippen LogP contribution is 2.17. The quantitative estimate of drug-likeness (QED) is 0.440. The van der Waals surface area contributed by atoms with Crippen molar-refractivity contribution in [2.45, 2.75) is 39.0 Å². The number of likely N-dealkylation sites (N-methyl/N-ethyl adjacent to an activating group) is 2. The molecule has 0 aliphatic carbocycles. The van der Waals surface area contributed by atoms with Crippen LogP contribution in [-0.4, -0.2) is 59.2 Å². The minimum Gasteiger partial charge on any atom is -0.346 e. The average Bonchev–Trinajstić information content (AvgIpc) is 3.33. The number of hydrogen-bond donors (Lipinski definition) is 0. The molecule has 30 heavy (non-hydrogen) atoms. The standard InChI is InChI=1S/2C13H18N2/c2*1-11(14(2)3)10-15-9-8-12-6-4-5-7-13(12)15/h2*4-9,11H,10H2,1-3H3/t2*11-/m10/s1. The van der Waals surface area contributed by atoms with E-state index in [1.807, 2.05) is 0 Å². The Morgan fingerprint density at radius 1 is 0.600 bits per heavy atom. The van der Waals surface area contributed by atoms with Gasteiger partial charge in [-0.25, -0.2) is 0 Å². The molecule has 0 unspecified atom stereocenters. The molecule has 0 saturated carbocycles. The number of benzene rings is 2. The van der Waals surface area contributed by atoms with E-state index in [1.165, 1.54) is 21.8 Å². The van der Waals surface area contributed by atoms with E-state index in [2.05, 4.69) is 134 Å². The summed E-state index contributed by atoms with van der Waals surface area (Å²) in [6, 6.07) is 22.5. The molecule has 4 rings (SSSR count). The van der Waals surface area contributed by atoms with Gasteiger partial charge >= 0.3 is 0 Å². The van der Waals surface area contributed by atoms with E-state index in [1.54, 1.807) is 0 Å². The van der Waals surface area contributed by atoms with Crippen LogP contribution in [-0.2, 0) is 13.1 Å². The van der Waals surface area contributed by atoms with Crippen LogP contribution in [0.15, 0.2) is 73.1 Å². The number of fused-ring (bicyclic) bond motifs is 2. The Morgan fingerprint density at radius 2 is 0.967 bits per heavy atom.